The quantitative estimate of drug-likeness (QED) is 0.355. The van der Waals surface area contributed by atoms with Crippen molar-refractivity contribution in [2.24, 2.45) is 11.8 Å². The molecule has 1 heterocycles. The first-order valence-corrected chi connectivity index (χ1v) is 14.6. The minimum Gasteiger partial charge on any atom is -0.399 e. The summed E-state index contributed by atoms with van der Waals surface area (Å²) in [6.07, 6.45) is 7.12. The van der Waals surface area contributed by atoms with Crippen molar-refractivity contribution in [2.75, 3.05) is 25.4 Å². The van der Waals surface area contributed by atoms with Gasteiger partial charge in [0.25, 0.3) is 5.91 Å². The number of piperidine rings is 1. The van der Waals surface area contributed by atoms with Gasteiger partial charge in [-0.05, 0) is 109 Å². The summed E-state index contributed by atoms with van der Waals surface area (Å²) in [4.78, 5) is 16.0. The summed E-state index contributed by atoms with van der Waals surface area (Å²) in [7, 11) is 0. The minimum atomic E-state index is 0.0403. The highest BCUT2D eigenvalue weighted by Crippen LogP contribution is 2.51. The van der Waals surface area contributed by atoms with Crippen LogP contribution in [0.3, 0.4) is 0 Å². The van der Waals surface area contributed by atoms with Gasteiger partial charge in [-0.2, -0.15) is 0 Å². The number of anilines is 1. The van der Waals surface area contributed by atoms with Crippen molar-refractivity contribution >= 4 is 11.6 Å². The standard InChI is InChI=1S/C34H41N3O/c1-3-34-17-19-37(22-25-4-5-25)32(23(34)2)21-28-10-11-29(20-31(28)34)33(38)36-18-16-24-6-8-26(9-7-24)27-12-14-30(35)15-13-27/h6-15,20,23,25,32H,3-5,16-19,21-22,35H2,1-2H3,(H,36,38). The first-order chi connectivity index (χ1) is 18.5. The second-order valence-electron chi connectivity index (χ2n) is 12.0. The van der Waals surface area contributed by atoms with Crippen LogP contribution >= 0.6 is 0 Å². The van der Waals surface area contributed by atoms with E-state index in [1.165, 1.54) is 54.6 Å². The van der Waals surface area contributed by atoms with Crippen LogP contribution in [-0.2, 0) is 18.3 Å². The Labute approximate surface area is 227 Å². The number of amides is 1. The molecule has 1 saturated heterocycles. The van der Waals surface area contributed by atoms with Gasteiger partial charge in [0.1, 0.15) is 0 Å². The average molecular weight is 508 g/mol. The zero-order valence-electron chi connectivity index (χ0n) is 22.9. The van der Waals surface area contributed by atoms with Crippen LogP contribution in [0.4, 0.5) is 5.69 Å². The fourth-order valence-corrected chi connectivity index (χ4v) is 7.20. The zero-order valence-corrected chi connectivity index (χ0v) is 22.9. The Balaban J connectivity index is 1.11. The molecule has 0 spiro atoms. The molecule has 3 aromatic rings. The molecule has 3 unspecified atom stereocenters. The van der Waals surface area contributed by atoms with Gasteiger partial charge in [-0.1, -0.05) is 56.3 Å². The third-order valence-corrected chi connectivity index (χ3v) is 9.82. The molecular formula is C34H41N3O. The Morgan fingerprint density at radius 3 is 2.42 bits per heavy atom. The lowest BCUT2D eigenvalue weighted by Crippen LogP contribution is -2.59. The van der Waals surface area contributed by atoms with Crippen LogP contribution in [0.5, 0.6) is 0 Å². The second-order valence-corrected chi connectivity index (χ2v) is 12.0. The first-order valence-electron chi connectivity index (χ1n) is 14.6. The number of rotatable bonds is 8. The minimum absolute atomic E-state index is 0.0403. The Bertz CT molecular complexity index is 1290. The summed E-state index contributed by atoms with van der Waals surface area (Å²) >= 11 is 0. The largest absolute Gasteiger partial charge is 0.399 e. The van der Waals surface area contributed by atoms with Crippen molar-refractivity contribution in [1.82, 2.24) is 10.2 Å². The van der Waals surface area contributed by atoms with Gasteiger partial charge in [0.05, 0.1) is 0 Å². The lowest BCUT2D eigenvalue weighted by molar-refractivity contribution is 0.0180. The molecule has 4 nitrogen and oxygen atoms in total. The summed E-state index contributed by atoms with van der Waals surface area (Å²) in [5, 5.41) is 3.18. The number of benzene rings is 3. The van der Waals surface area contributed by atoms with Gasteiger partial charge < -0.3 is 11.1 Å². The van der Waals surface area contributed by atoms with Crippen LogP contribution in [0.2, 0.25) is 0 Å². The van der Waals surface area contributed by atoms with Crippen molar-refractivity contribution in [3.05, 3.63) is 89.0 Å². The van der Waals surface area contributed by atoms with Crippen molar-refractivity contribution in [3.63, 3.8) is 0 Å². The van der Waals surface area contributed by atoms with Gasteiger partial charge in [-0.15, -0.1) is 0 Å². The molecule has 0 radical (unpaired) electrons. The topological polar surface area (TPSA) is 58.4 Å². The SMILES string of the molecule is CCC12CCN(CC3CC3)C(Cc3ccc(C(=O)NCCc4ccc(-c5ccc(N)cc5)cc4)cc31)C2C. The number of nitrogen functional groups attached to an aromatic ring is 1. The predicted octanol–water partition coefficient (Wildman–Crippen LogP) is 6.23. The van der Waals surface area contributed by atoms with E-state index in [-0.39, 0.29) is 11.3 Å². The summed E-state index contributed by atoms with van der Waals surface area (Å²) in [6, 6.07) is 23.7. The van der Waals surface area contributed by atoms with Gasteiger partial charge in [0, 0.05) is 35.8 Å². The fraction of sp³-hybridized carbons (Fsp3) is 0.441. The van der Waals surface area contributed by atoms with Gasteiger partial charge in [-0.25, -0.2) is 0 Å². The number of nitrogens with one attached hydrogen (secondary N) is 1. The molecular weight excluding hydrogens is 466 g/mol. The molecule has 0 aromatic heterocycles. The highest BCUT2D eigenvalue weighted by molar-refractivity contribution is 5.94. The monoisotopic (exact) mass is 507 g/mol. The summed E-state index contributed by atoms with van der Waals surface area (Å²) in [5.41, 5.74) is 14.0. The fourth-order valence-electron chi connectivity index (χ4n) is 7.20. The van der Waals surface area contributed by atoms with E-state index in [9.17, 15) is 4.79 Å². The van der Waals surface area contributed by atoms with Gasteiger partial charge in [0.2, 0.25) is 0 Å². The first kappa shape index (κ1) is 25.2. The van der Waals surface area contributed by atoms with Gasteiger partial charge >= 0.3 is 0 Å². The van der Waals surface area contributed by atoms with Crippen molar-refractivity contribution in [1.29, 1.82) is 0 Å². The zero-order chi connectivity index (χ0) is 26.3. The Morgan fingerprint density at radius 2 is 1.74 bits per heavy atom. The molecule has 3 aromatic carbocycles. The smallest absolute Gasteiger partial charge is 0.251 e. The number of fused-ring (bicyclic) bond motifs is 4. The van der Waals surface area contributed by atoms with Crippen LogP contribution < -0.4 is 11.1 Å². The Hall–Kier alpha value is -3.11. The van der Waals surface area contributed by atoms with Crippen LogP contribution in [0.1, 0.15) is 66.6 Å². The van der Waals surface area contributed by atoms with E-state index in [2.05, 4.69) is 66.5 Å². The highest BCUT2D eigenvalue weighted by Gasteiger charge is 2.50. The maximum atomic E-state index is 13.2. The average Bonchev–Trinajstić information content (AvgIpc) is 3.76. The molecule has 3 aliphatic rings. The van der Waals surface area contributed by atoms with Crippen LogP contribution in [0.15, 0.2) is 66.7 Å². The van der Waals surface area contributed by atoms with Gasteiger partial charge in [-0.3, -0.25) is 9.69 Å². The van der Waals surface area contributed by atoms with Crippen molar-refractivity contribution in [3.8, 4) is 11.1 Å². The number of carbonyl (C=O) groups is 1. The Morgan fingerprint density at radius 1 is 1.03 bits per heavy atom. The maximum absolute atomic E-state index is 13.2. The molecule has 3 N–H and O–H groups in total. The molecule has 1 amide bonds. The summed E-state index contributed by atoms with van der Waals surface area (Å²) in [5.74, 6) is 1.60. The predicted molar refractivity (Wildman–Crippen MR) is 156 cm³/mol. The van der Waals surface area contributed by atoms with E-state index >= 15 is 0 Å². The van der Waals surface area contributed by atoms with E-state index in [0.717, 1.165) is 42.0 Å². The third kappa shape index (κ3) is 4.75. The highest BCUT2D eigenvalue weighted by atomic mass is 16.1. The second kappa shape index (κ2) is 10.2. The van der Waals surface area contributed by atoms with E-state index in [0.29, 0.717) is 18.5 Å². The molecule has 6 rings (SSSR count). The van der Waals surface area contributed by atoms with E-state index in [1.807, 2.05) is 24.3 Å². The number of carbonyl (C=O) groups excluding carboxylic acids is 1. The number of hydrogen-bond donors (Lipinski definition) is 2. The van der Waals surface area contributed by atoms with E-state index < -0.39 is 0 Å². The van der Waals surface area contributed by atoms with Crippen LogP contribution in [-0.4, -0.2) is 36.5 Å². The van der Waals surface area contributed by atoms with E-state index in [4.69, 9.17) is 5.73 Å². The molecule has 198 valence electrons. The summed E-state index contributed by atoms with van der Waals surface area (Å²) < 4.78 is 0. The third-order valence-electron chi connectivity index (χ3n) is 9.82. The molecule has 1 aliphatic heterocycles. The van der Waals surface area contributed by atoms with Crippen molar-refractivity contribution < 1.29 is 4.79 Å². The normalized spacial score (nSPS) is 24.6. The number of likely N-dealkylation sites (tertiary alicyclic amines) is 1. The van der Waals surface area contributed by atoms with Gasteiger partial charge in [0.15, 0.2) is 0 Å². The molecule has 2 bridgehead atoms. The number of nitrogens with zero attached hydrogens (tertiary/aromatic N) is 1. The number of hydrogen-bond acceptors (Lipinski definition) is 3. The van der Waals surface area contributed by atoms with Crippen LogP contribution in [0, 0.1) is 11.8 Å². The molecule has 3 atom stereocenters. The number of nitrogens with two attached hydrogens (primary N) is 1. The molecule has 2 aliphatic carbocycles. The lowest BCUT2D eigenvalue weighted by atomic mass is 9.56. The maximum Gasteiger partial charge on any atom is 0.251 e. The molecule has 2 fully saturated rings. The molecule has 38 heavy (non-hydrogen) atoms. The molecule has 1 saturated carbocycles. The Kier molecular flexibility index (Phi) is 6.77. The summed E-state index contributed by atoms with van der Waals surface area (Å²) in [6.45, 7) is 7.94. The lowest BCUT2D eigenvalue weighted by Gasteiger charge is -2.56. The molecule has 4 heteroatoms. The van der Waals surface area contributed by atoms with Crippen LogP contribution in [0.25, 0.3) is 11.1 Å². The van der Waals surface area contributed by atoms with E-state index in [1.54, 1.807) is 0 Å². The van der Waals surface area contributed by atoms with Crippen molar-refractivity contribution in [2.45, 2.75) is 63.8 Å².